The smallest absolute Gasteiger partial charge is 0.331 e. The summed E-state index contributed by atoms with van der Waals surface area (Å²) in [6.07, 6.45) is 1.46. The van der Waals surface area contributed by atoms with Crippen LogP contribution in [0.5, 0.6) is 17.2 Å². The maximum Gasteiger partial charge on any atom is 0.331 e. The predicted molar refractivity (Wildman–Crippen MR) is 97.6 cm³/mol. The first-order valence-electron chi connectivity index (χ1n) is 8.02. The van der Waals surface area contributed by atoms with E-state index in [9.17, 15) is 14.4 Å². The summed E-state index contributed by atoms with van der Waals surface area (Å²) in [5.41, 5.74) is 5.50. The van der Waals surface area contributed by atoms with Crippen LogP contribution in [0.1, 0.15) is 19.4 Å². The molecule has 0 aromatic heterocycles. The van der Waals surface area contributed by atoms with Crippen LogP contribution in [0.4, 0.5) is 4.79 Å². The number of imide groups is 1. The quantitative estimate of drug-likeness (QED) is 0.517. The molecule has 0 spiro atoms. The lowest BCUT2D eigenvalue weighted by molar-refractivity contribution is -0.153. The predicted octanol–water partition coefficient (Wildman–Crippen LogP) is 1.49. The van der Waals surface area contributed by atoms with Crippen molar-refractivity contribution in [3.63, 3.8) is 0 Å². The Morgan fingerprint density at radius 1 is 1.04 bits per heavy atom. The van der Waals surface area contributed by atoms with E-state index in [0.29, 0.717) is 22.8 Å². The van der Waals surface area contributed by atoms with Crippen LogP contribution in [0.2, 0.25) is 0 Å². The molecule has 0 saturated heterocycles. The molecule has 1 atom stereocenters. The minimum Gasteiger partial charge on any atom is -0.493 e. The van der Waals surface area contributed by atoms with Crippen LogP contribution in [-0.2, 0) is 14.3 Å². The van der Waals surface area contributed by atoms with Crippen LogP contribution in [0.25, 0.3) is 6.08 Å². The molecule has 0 aliphatic heterocycles. The number of carbonyl (C=O) groups is 3. The standard InChI is InChI=1S/C18H24N2O7/c1-10(2)15(17(22)20-18(19)23)27-14(21)7-6-11-8-12(24-3)16(26-5)13(9-11)25-4/h6-10,15H,1-5H3,(H3,19,20,22,23)/b7-6+. The molecule has 148 valence electrons. The van der Waals surface area contributed by atoms with Gasteiger partial charge in [-0.25, -0.2) is 9.59 Å². The van der Waals surface area contributed by atoms with Crippen molar-refractivity contribution < 1.29 is 33.3 Å². The van der Waals surface area contributed by atoms with Crippen LogP contribution >= 0.6 is 0 Å². The lowest BCUT2D eigenvalue weighted by Crippen LogP contribution is -2.45. The van der Waals surface area contributed by atoms with Gasteiger partial charge in [-0.2, -0.15) is 0 Å². The van der Waals surface area contributed by atoms with Crippen molar-refractivity contribution in [2.24, 2.45) is 11.7 Å². The normalized spacial score (nSPS) is 11.8. The SMILES string of the molecule is COc1cc(/C=C/C(=O)OC(C(=O)NC(N)=O)C(C)C)cc(OC)c1OC. The highest BCUT2D eigenvalue weighted by Crippen LogP contribution is 2.38. The molecule has 0 bridgehead atoms. The number of carbonyl (C=O) groups excluding carboxylic acids is 3. The average molecular weight is 380 g/mol. The van der Waals surface area contributed by atoms with Crippen LogP contribution in [0, 0.1) is 5.92 Å². The summed E-state index contributed by atoms with van der Waals surface area (Å²) in [7, 11) is 4.43. The molecular weight excluding hydrogens is 356 g/mol. The van der Waals surface area contributed by atoms with E-state index in [4.69, 9.17) is 24.7 Å². The molecule has 1 rings (SSSR count). The molecule has 0 radical (unpaired) electrons. The Hall–Kier alpha value is -3.23. The van der Waals surface area contributed by atoms with E-state index in [1.54, 1.807) is 26.0 Å². The van der Waals surface area contributed by atoms with Crippen molar-refractivity contribution in [1.29, 1.82) is 0 Å². The van der Waals surface area contributed by atoms with Gasteiger partial charge in [0.05, 0.1) is 21.3 Å². The lowest BCUT2D eigenvalue weighted by atomic mass is 10.1. The zero-order chi connectivity index (χ0) is 20.6. The number of benzene rings is 1. The number of ether oxygens (including phenoxy) is 4. The van der Waals surface area contributed by atoms with E-state index in [1.807, 2.05) is 5.32 Å². The fourth-order valence-corrected chi connectivity index (χ4v) is 2.21. The van der Waals surface area contributed by atoms with E-state index in [1.165, 1.54) is 27.4 Å². The van der Waals surface area contributed by atoms with Gasteiger partial charge in [0.2, 0.25) is 5.75 Å². The van der Waals surface area contributed by atoms with Gasteiger partial charge in [-0.05, 0) is 29.7 Å². The topological polar surface area (TPSA) is 126 Å². The van der Waals surface area contributed by atoms with Crippen molar-refractivity contribution in [3.8, 4) is 17.2 Å². The average Bonchev–Trinajstić information content (AvgIpc) is 2.62. The van der Waals surface area contributed by atoms with Gasteiger partial charge in [-0.1, -0.05) is 13.8 Å². The van der Waals surface area contributed by atoms with Crippen LogP contribution in [0.3, 0.4) is 0 Å². The molecule has 0 saturated carbocycles. The summed E-state index contributed by atoms with van der Waals surface area (Å²) in [6, 6.07) is 2.27. The summed E-state index contributed by atoms with van der Waals surface area (Å²) in [5, 5.41) is 1.90. The van der Waals surface area contributed by atoms with Crippen molar-refractivity contribution in [1.82, 2.24) is 5.32 Å². The number of nitrogens with one attached hydrogen (secondary N) is 1. The Labute approximate surface area is 157 Å². The van der Waals surface area contributed by atoms with Crippen LogP contribution in [0.15, 0.2) is 18.2 Å². The molecule has 9 heteroatoms. The summed E-state index contributed by atoms with van der Waals surface area (Å²) in [6.45, 7) is 3.34. The second-order valence-corrected chi connectivity index (χ2v) is 5.75. The molecule has 1 unspecified atom stereocenters. The Kier molecular flexibility index (Phi) is 8.12. The molecule has 0 aliphatic carbocycles. The number of hydrogen-bond acceptors (Lipinski definition) is 7. The highest BCUT2D eigenvalue weighted by atomic mass is 16.5. The molecule has 3 N–H and O–H groups in total. The third kappa shape index (κ3) is 6.21. The van der Waals surface area contributed by atoms with Crippen LogP contribution in [-0.4, -0.2) is 45.3 Å². The van der Waals surface area contributed by atoms with Crippen LogP contribution < -0.4 is 25.3 Å². The van der Waals surface area contributed by atoms with E-state index in [-0.39, 0.29) is 5.92 Å². The molecule has 0 heterocycles. The first kappa shape index (κ1) is 21.8. The minimum absolute atomic E-state index is 0.358. The molecule has 9 nitrogen and oxygen atoms in total. The Morgan fingerprint density at radius 2 is 1.59 bits per heavy atom. The van der Waals surface area contributed by atoms with Crippen molar-refractivity contribution >= 4 is 24.0 Å². The lowest BCUT2D eigenvalue weighted by Gasteiger charge is -2.18. The highest BCUT2D eigenvalue weighted by Gasteiger charge is 2.26. The van der Waals surface area contributed by atoms with E-state index < -0.39 is 24.0 Å². The minimum atomic E-state index is -1.16. The van der Waals surface area contributed by atoms with Gasteiger partial charge in [-0.3, -0.25) is 10.1 Å². The monoisotopic (exact) mass is 380 g/mol. The zero-order valence-electron chi connectivity index (χ0n) is 15.9. The Balaban J connectivity index is 2.96. The van der Waals surface area contributed by atoms with Gasteiger partial charge in [0.1, 0.15) is 0 Å². The number of primary amides is 1. The third-order valence-corrected chi connectivity index (χ3v) is 3.45. The third-order valence-electron chi connectivity index (χ3n) is 3.45. The van der Waals surface area contributed by atoms with Gasteiger partial charge in [-0.15, -0.1) is 0 Å². The molecule has 0 fully saturated rings. The fourth-order valence-electron chi connectivity index (χ4n) is 2.21. The van der Waals surface area contributed by atoms with Gasteiger partial charge in [0.15, 0.2) is 17.6 Å². The summed E-state index contributed by atoms with van der Waals surface area (Å²) >= 11 is 0. The molecule has 1 aromatic carbocycles. The summed E-state index contributed by atoms with van der Waals surface area (Å²) in [5.74, 6) is -0.642. The Morgan fingerprint density at radius 3 is 2.00 bits per heavy atom. The first-order valence-corrected chi connectivity index (χ1v) is 8.02. The van der Waals surface area contributed by atoms with Crippen molar-refractivity contribution in [2.75, 3.05) is 21.3 Å². The van der Waals surface area contributed by atoms with E-state index in [2.05, 4.69) is 0 Å². The van der Waals surface area contributed by atoms with Crippen molar-refractivity contribution in [2.45, 2.75) is 20.0 Å². The number of hydrogen-bond donors (Lipinski definition) is 2. The highest BCUT2D eigenvalue weighted by molar-refractivity contribution is 5.97. The first-order chi connectivity index (χ1) is 12.7. The van der Waals surface area contributed by atoms with E-state index in [0.717, 1.165) is 6.08 Å². The second-order valence-electron chi connectivity index (χ2n) is 5.75. The Bertz CT molecular complexity index is 703. The largest absolute Gasteiger partial charge is 0.493 e. The number of amides is 3. The maximum absolute atomic E-state index is 12.1. The number of rotatable bonds is 8. The maximum atomic E-state index is 12.1. The number of esters is 1. The van der Waals surface area contributed by atoms with Gasteiger partial charge >= 0.3 is 12.0 Å². The molecule has 27 heavy (non-hydrogen) atoms. The number of methoxy groups -OCH3 is 3. The van der Waals surface area contributed by atoms with Crippen molar-refractivity contribution in [3.05, 3.63) is 23.8 Å². The molecule has 1 aromatic rings. The van der Waals surface area contributed by atoms with E-state index >= 15 is 0 Å². The van der Waals surface area contributed by atoms with Gasteiger partial charge in [0.25, 0.3) is 5.91 Å². The summed E-state index contributed by atoms with van der Waals surface area (Å²) < 4.78 is 20.8. The molecule has 0 aliphatic rings. The number of nitrogens with two attached hydrogens (primary N) is 1. The zero-order valence-corrected chi connectivity index (χ0v) is 15.9. The fraction of sp³-hybridized carbons (Fsp3) is 0.389. The van der Waals surface area contributed by atoms with Gasteiger partial charge < -0.3 is 24.7 Å². The number of urea groups is 1. The molecule has 3 amide bonds. The second kappa shape index (κ2) is 10.0. The summed E-state index contributed by atoms with van der Waals surface area (Å²) in [4.78, 5) is 34.8. The molecular formula is C18H24N2O7. The van der Waals surface area contributed by atoms with Gasteiger partial charge in [0, 0.05) is 6.08 Å².